The van der Waals surface area contributed by atoms with Crippen LogP contribution in [0.25, 0.3) is 0 Å². The van der Waals surface area contributed by atoms with E-state index in [9.17, 15) is 0 Å². The molecule has 2 N–H and O–H groups in total. The molecule has 0 radical (unpaired) electrons. The third-order valence-corrected chi connectivity index (χ3v) is 3.54. The van der Waals surface area contributed by atoms with Crippen molar-refractivity contribution in [3.05, 3.63) is 64.7 Å². The largest absolute Gasteiger partial charge is 0.496 e. The van der Waals surface area contributed by atoms with E-state index < -0.39 is 0 Å². The maximum atomic E-state index is 6.33. The second kappa shape index (κ2) is 5.89. The van der Waals surface area contributed by atoms with Gasteiger partial charge in [-0.15, -0.1) is 0 Å². The summed E-state index contributed by atoms with van der Waals surface area (Å²) in [5.41, 5.74) is 11.0. The Morgan fingerprint density at radius 2 is 1.68 bits per heavy atom. The van der Waals surface area contributed by atoms with Gasteiger partial charge in [0.2, 0.25) is 0 Å². The van der Waals surface area contributed by atoms with Crippen LogP contribution in [0.15, 0.2) is 42.5 Å². The minimum Gasteiger partial charge on any atom is -0.496 e. The summed E-state index contributed by atoms with van der Waals surface area (Å²) in [7, 11) is 1.69. The normalized spacial score (nSPS) is 12.2. The Balaban J connectivity index is 2.29. The molecule has 2 heteroatoms. The zero-order valence-electron chi connectivity index (χ0n) is 11.8. The first-order valence-corrected chi connectivity index (χ1v) is 6.64. The number of nitrogens with two attached hydrogens (primary N) is 1. The Morgan fingerprint density at radius 3 is 2.26 bits per heavy atom. The predicted molar refractivity (Wildman–Crippen MR) is 79.6 cm³/mol. The van der Waals surface area contributed by atoms with Crippen molar-refractivity contribution in [1.82, 2.24) is 0 Å². The number of hydrogen-bond acceptors (Lipinski definition) is 2. The Hall–Kier alpha value is -1.80. The molecule has 100 valence electrons. The second-order valence-electron chi connectivity index (χ2n) is 4.80. The third-order valence-electron chi connectivity index (χ3n) is 3.54. The van der Waals surface area contributed by atoms with E-state index in [0.29, 0.717) is 0 Å². The number of rotatable bonds is 4. The first kappa shape index (κ1) is 13.6. The molecule has 19 heavy (non-hydrogen) atoms. The van der Waals surface area contributed by atoms with Crippen molar-refractivity contribution in [2.24, 2.45) is 5.73 Å². The van der Waals surface area contributed by atoms with Crippen molar-refractivity contribution in [2.75, 3.05) is 7.11 Å². The van der Waals surface area contributed by atoms with Crippen LogP contribution < -0.4 is 10.5 Å². The van der Waals surface area contributed by atoms with Gasteiger partial charge in [0, 0.05) is 0 Å². The van der Waals surface area contributed by atoms with Gasteiger partial charge in [0.1, 0.15) is 5.75 Å². The quantitative estimate of drug-likeness (QED) is 0.905. The lowest BCUT2D eigenvalue weighted by atomic mass is 9.97. The van der Waals surface area contributed by atoms with E-state index in [1.807, 2.05) is 13.0 Å². The molecule has 2 aromatic rings. The van der Waals surface area contributed by atoms with Crippen LogP contribution in [0.4, 0.5) is 0 Å². The predicted octanol–water partition coefficient (Wildman–Crippen LogP) is 3.61. The van der Waals surface area contributed by atoms with Crippen molar-refractivity contribution in [3.8, 4) is 5.75 Å². The van der Waals surface area contributed by atoms with Gasteiger partial charge in [0.25, 0.3) is 0 Å². The Bertz CT molecular complexity index is 546. The summed E-state index contributed by atoms with van der Waals surface area (Å²) in [5.74, 6) is 0.887. The highest BCUT2D eigenvalue weighted by molar-refractivity contribution is 5.41. The molecule has 0 fully saturated rings. The molecule has 0 aliphatic carbocycles. The first-order valence-electron chi connectivity index (χ1n) is 6.64. The van der Waals surface area contributed by atoms with E-state index in [2.05, 4.69) is 43.3 Å². The van der Waals surface area contributed by atoms with E-state index in [4.69, 9.17) is 10.5 Å². The molecular weight excluding hydrogens is 234 g/mol. The lowest BCUT2D eigenvalue weighted by Gasteiger charge is -2.15. The summed E-state index contributed by atoms with van der Waals surface area (Å²) >= 11 is 0. The highest BCUT2D eigenvalue weighted by atomic mass is 16.5. The molecule has 0 aromatic heterocycles. The van der Waals surface area contributed by atoms with Crippen LogP contribution in [-0.4, -0.2) is 7.11 Å². The second-order valence-corrected chi connectivity index (χ2v) is 4.80. The monoisotopic (exact) mass is 255 g/mol. The minimum atomic E-state index is -0.111. The molecule has 2 aromatic carbocycles. The zero-order chi connectivity index (χ0) is 13.8. The van der Waals surface area contributed by atoms with Crippen LogP contribution in [0.5, 0.6) is 5.75 Å². The summed E-state index contributed by atoms with van der Waals surface area (Å²) in [6.07, 6.45) is 1.05. The Labute approximate surface area is 115 Å². The van der Waals surface area contributed by atoms with Gasteiger partial charge in [-0.05, 0) is 41.7 Å². The molecule has 0 saturated carbocycles. The third kappa shape index (κ3) is 2.96. The Kier molecular flexibility index (Phi) is 4.23. The van der Waals surface area contributed by atoms with E-state index in [0.717, 1.165) is 28.9 Å². The molecule has 0 aliphatic rings. The van der Waals surface area contributed by atoms with Crippen molar-refractivity contribution in [2.45, 2.75) is 26.3 Å². The van der Waals surface area contributed by atoms with Gasteiger partial charge >= 0.3 is 0 Å². The number of aryl methyl sites for hydroxylation is 2. The average Bonchev–Trinajstić information content (AvgIpc) is 2.47. The van der Waals surface area contributed by atoms with Crippen molar-refractivity contribution in [3.63, 3.8) is 0 Å². The number of benzene rings is 2. The standard InChI is InChI=1S/C17H21NO/c1-4-13-6-9-14(10-7-13)17(18)15-8-5-12(2)16(11-15)19-3/h5-11,17H,4,18H2,1-3H3. The SMILES string of the molecule is CCc1ccc(C(N)c2ccc(C)c(OC)c2)cc1. The zero-order valence-corrected chi connectivity index (χ0v) is 11.8. The van der Waals surface area contributed by atoms with Crippen LogP contribution >= 0.6 is 0 Å². The summed E-state index contributed by atoms with van der Waals surface area (Å²) in [6.45, 7) is 4.18. The molecule has 0 spiro atoms. The van der Waals surface area contributed by atoms with E-state index in [1.165, 1.54) is 5.56 Å². The summed E-state index contributed by atoms with van der Waals surface area (Å²) in [4.78, 5) is 0. The molecule has 1 atom stereocenters. The molecule has 0 bridgehead atoms. The average molecular weight is 255 g/mol. The molecule has 0 amide bonds. The molecule has 0 saturated heterocycles. The lowest BCUT2D eigenvalue weighted by Crippen LogP contribution is -2.12. The maximum Gasteiger partial charge on any atom is 0.122 e. The molecule has 2 rings (SSSR count). The molecule has 0 heterocycles. The van der Waals surface area contributed by atoms with Gasteiger partial charge in [-0.3, -0.25) is 0 Å². The van der Waals surface area contributed by atoms with E-state index in [1.54, 1.807) is 7.11 Å². The fourth-order valence-corrected chi connectivity index (χ4v) is 2.18. The van der Waals surface area contributed by atoms with Crippen LogP contribution in [0.3, 0.4) is 0 Å². The number of hydrogen-bond donors (Lipinski definition) is 1. The fourth-order valence-electron chi connectivity index (χ4n) is 2.18. The lowest BCUT2D eigenvalue weighted by molar-refractivity contribution is 0.411. The summed E-state index contributed by atoms with van der Waals surface area (Å²) in [6, 6.07) is 14.5. The van der Waals surface area contributed by atoms with Crippen LogP contribution in [0.1, 0.15) is 35.2 Å². The Morgan fingerprint density at radius 1 is 1.05 bits per heavy atom. The van der Waals surface area contributed by atoms with E-state index in [-0.39, 0.29) is 6.04 Å². The van der Waals surface area contributed by atoms with Crippen LogP contribution in [-0.2, 0) is 6.42 Å². The molecule has 1 unspecified atom stereocenters. The van der Waals surface area contributed by atoms with Crippen LogP contribution in [0, 0.1) is 6.92 Å². The maximum absolute atomic E-state index is 6.33. The highest BCUT2D eigenvalue weighted by Crippen LogP contribution is 2.26. The van der Waals surface area contributed by atoms with E-state index >= 15 is 0 Å². The topological polar surface area (TPSA) is 35.2 Å². The number of ether oxygens (including phenoxy) is 1. The van der Waals surface area contributed by atoms with Crippen molar-refractivity contribution >= 4 is 0 Å². The van der Waals surface area contributed by atoms with Gasteiger partial charge in [-0.25, -0.2) is 0 Å². The van der Waals surface area contributed by atoms with Gasteiger partial charge < -0.3 is 10.5 Å². The van der Waals surface area contributed by atoms with Gasteiger partial charge in [-0.2, -0.15) is 0 Å². The van der Waals surface area contributed by atoms with Crippen LogP contribution in [0.2, 0.25) is 0 Å². The minimum absolute atomic E-state index is 0.111. The molecule has 0 aliphatic heterocycles. The van der Waals surface area contributed by atoms with Gasteiger partial charge in [0.05, 0.1) is 13.2 Å². The highest BCUT2D eigenvalue weighted by Gasteiger charge is 2.10. The summed E-state index contributed by atoms with van der Waals surface area (Å²) in [5, 5.41) is 0. The first-order chi connectivity index (χ1) is 9.15. The van der Waals surface area contributed by atoms with Gasteiger partial charge in [0.15, 0.2) is 0 Å². The molecular formula is C17H21NO. The van der Waals surface area contributed by atoms with Gasteiger partial charge in [-0.1, -0.05) is 43.3 Å². The number of methoxy groups -OCH3 is 1. The smallest absolute Gasteiger partial charge is 0.122 e. The van der Waals surface area contributed by atoms with Crippen molar-refractivity contribution < 1.29 is 4.74 Å². The molecule has 2 nitrogen and oxygen atoms in total. The summed E-state index contributed by atoms with van der Waals surface area (Å²) < 4.78 is 5.35. The fraction of sp³-hybridized carbons (Fsp3) is 0.294. The van der Waals surface area contributed by atoms with Crippen molar-refractivity contribution in [1.29, 1.82) is 0 Å².